The van der Waals surface area contributed by atoms with Crippen LogP contribution in [0.5, 0.6) is 0 Å². The molecule has 1 aliphatic rings. The number of aliphatic hydroxyl groups excluding tert-OH is 2. The van der Waals surface area contributed by atoms with Crippen LogP contribution in [0.25, 0.3) is 0 Å². The Bertz CT molecular complexity index is 799. The Morgan fingerprint density at radius 3 is 2.29 bits per heavy atom. The Labute approximate surface area is 167 Å². The lowest BCUT2D eigenvalue weighted by Crippen LogP contribution is -2.61. The molecule has 0 amide bonds. The number of aliphatic hydroxyl groups is 3. The van der Waals surface area contributed by atoms with Gasteiger partial charge in [0.15, 0.2) is 0 Å². The maximum Gasteiger partial charge on any atom is 0.239 e. The standard InChI is InChI=1S/C20H32N2O5S/c1-6-21-19(28(26,27)14-9-7-12(2)8-10-14)22-16-13(3)11-15(20(4,5)25)17(23)18(16)24/h7-10,13,15-18,23-25H,6,11H2,1-5H3,(H,21,22)/t13?,15-,16-,17+,18+/m0/s1. The van der Waals surface area contributed by atoms with E-state index in [1.54, 1.807) is 32.9 Å². The van der Waals surface area contributed by atoms with E-state index in [1.165, 1.54) is 12.1 Å². The van der Waals surface area contributed by atoms with E-state index in [4.69, 9.17) is 0 Å². The third kappa shape index (κ3) is 4.74. The topological polar surface area (TPSA) is 119 Å². The van der Waals surface area contributed by atoms with Gasteiger partial charge in [-0.15, -0.1) is 0 Å². The van der Waals surface area contributed by atoms with Crippen LogP contribution < -0.4 is 5.32 Å². The Morgan fingerprint density at radius 2 is 1.79 bits per heavy atom. The third-order valence-corrected chi connectivity index (χ3v) is 7.10. The van der Waals surface area contributed by atoms with Crippen molar-refractivity contribution in [2.45, 2.75) is 69.8 Å². The first-order chi connectivity index (χ1) is 12.9. The summed E-state index contributed by atoms with van der Waals surface area (Å²) in [6.07, 6.45) is -1.99. The number of benzene rings is 1. The molecule has 0 saturated heterocycles. The Balaban J connectivity index is 2.32. The van der Waals surface area contributed by atoms with Crippen LogP contribution in [-0.2, 0) is 9.84 Å². The Hall–Kier alpha value is -1.48. The third-order valence-electron chi connectivity index (χ3n) is 5.45. The second-order valence-electron chi connectivity index (χ2n) is 8.22. The maximum atomic E-state index is 13.0. The van der Waals surface area contributed by atoms with Crippen molar-refractivity contribution >= 4 is 15.0 Å². The summed E-state index contributed by atoms with van der Waals surface area (Å²) in [4.78, 5) is 4.24. The van der Waals surface area contributed by atoms with Crippen molar-refractivity contribution < 1.29 is 23.7 Å². The molecule has 158 valence electrons. The van der Waals surface area contributed by atoms with Gasteiger partial charge in [-0.3, -0.25) is 4.99 Å². The van der Waals surface area contributed by atoms with Crippen molar-refractivity contribution in [3.63, 3.8) is 0 Å². The number of hydrogen-bond acceptors (Lipinski definition) is 6. The molecule has 1 unspecified atom stereocenters. The van der Waals surface area contributed by atoms with Crippen LogP contribution in [0.4, 0.5) is 0 Å². The minimum absolute atomic E-state index is 0.116. The molecule has 0 spiro atoms. The highest BCUT2D eigenvalue weighted by molar-refractivity contribution is 8.06. The SMILES string of the molecule is CCN=C(N[C@H]1C(C)C[C@H](C(C)(C)O)[C@@H](O)[C@@H]1O)S(=O)(=O)c1ccc(C)cc1. The molecule has 2 rings (SSSR count). The van der Waals surface area contributed by atoms with Crippen molar-refractivity contribution in [3.8, 4) is 0 Å². The van der Waals surface area contributed by atoms with E-state index < -0.39 is 39.6 Å². The number of rotatable bonds is 4. The zero-order valence-electron chi connectivity index (χ0n) is 17.1. The molecule has 8 heteroatoms. The van der Waals surface area contributed by atoms with Crippen molar-refractivity contribution in [3.05, 3.63) is 29.8 Å². The average Bonchev–Trinajstić information content (AvgIpc) is 2.60. The van der Waals surface area contributed by atoms with E-state index in [2.05, 4.69) is 10.3 Å². The fourth-order valence-corrected chi connectivity index (χ4v) is 5.04. The van der Waals surface area contributed by atoms with Gasteiger partial charge in [0.25, 0.3) is 0 Å². The molecule has 0 heterocycles. The molecule has 28 heavy (non-hydrogen) atoms. The molecule has 0 radical (unpaired) electrons. The van der Waals surface area contributed by atoms with Crippen molar-refractivity contribution in [2.24, 2.45) is 16.8 Å². The molecular weight excluding hydrogens is 380 g/mol. The molecule has 5 atom stereocenters. The number of aryl methyl sites for hydroxylation is 1. The first-order valence-electron chi connectivity index (χ1n) is 9.60. The summed E-state index contributed by atoms with van der Waals surface area (Å²) in [6.45, 7) is 8.90. The van der Waals surface area contributed by atoms with Crippen molar-refractivity contribution in [1.82, 2.24) is 5.32 Å². The number of sulfone groups is 1. The lowest BCUT2D eigenvalue weighted by atomic mass is 9.69. The van der Waals surface area contributed by atoms with Gasteiger partial charge in [-0.25, -0.2) is 8.42 Å². The van der Waals surface area contributed by atoms with Crippen LogP contribution in [0.3, 0.4) is 0 Å². The van der Waals surface area contributed by atoms with Crippen LogP contribution in [-0.4, -0.2) is 59.3 Å². The molecular formula is C20H32N2O5S. The van der Waals surface area contributed by atoms with Crippen molar-refractivity contribution in [2.75, 3.05) is 6.54 Å². The predicted octanol–water partition coefficient (Wildman–Crippen LogP) is 1.25. The summed E-state index contributed by atoms with van der Waals surface area (Å²) < 4.78 is 26.1. The molecule has 1 aliphatic carbocycles. The van der Waals surface area contributed by atoms with Crippen LogP contribution >= 0.6 is 0 Å². The predicted molar refractivity (Wildman–Crippen MR) is 109 cm³/mol. The molecule has 7 nitrogen and oxygen atoms in total. The van der Waals surface area contributed by atoms with E-state index in [1.807, 2.05) is 13.8 Å². The molecule has 0 aromatic heterocycles. The van der Waals surface area contributed by atoms with Gasteiger partial charge in [0.05, 0.1) is 22.6 Å². The highest BCUT2D eigenvalue weighted by Gasteiger charge is 2.47. The molecule has 1 saturated carbocycles. The van der Waals surface area contributed by atoms with Gasteiger partial charge in [-0.2, -0.15) is 0 Å². The number of hydrogen-bond donors (Lipinski definition) is 4. The molecule has 1 aromatic carbocycles. The smallest absolute Gasteiger partial charge is 0.239 e. The van der Waals surface area contributed by atoms with Gasteiger partial charge in [0.1, 0.15) is 6.10 Å². The van der Waals surface area contributed by atoms with Gasteiger partial charge in [-0.1, -0.05) is 24.6 Å². The Morgan fingerprint density at radius 1 is 1.21 bits per heavy atom. The van der Waals surface area contributed by atoms with E-state index in [0.29, 0.717) is 6.42 Å². The first-order valence-corrected chi connectivity index (χ1v) is 11.1. The molecule has 0 aliphatic heterocycles. The quantitative estimate of drug-likeness (QED) is 0.437. The normalized spacial score (nSPS) is 29.6. The fourth-order valence-electron chi connectivity index (χ4n) is 3.73. The summed E-state index contributed by atoms with van der Waals surface area (Å²) >= 11 is 0. The lowest BCUT2D eigenvalue weighted by Gasteiger charge is -2.46. The minimum atomic E-state index is -3.89. The first kappa shape index (κ1) is 22.8. The highest BCUT2D eigenvalue weighted by atomic mass is 32.2. The van der Waals surface area contributed by atoms with Crippen LogP contribution in [0.1, 0.15) is 39.7 Å². The van der Waals surface area contributed by atoms with Gasteiger partial charge in [0, 0.05) is 12.5 Å². The summed E-state index contributed by atoms with van der Waals surface area (Å²) in [5, 5.41) is 34.1. The Kier molecular flexibility index (Phi) is 6.91. The van der Waals surface area contributed by atoms with Gasteiger partial charge < -0.3 is 20.6 Å². The molecule has 0 bridgehead atoms. The summed E-state index contributed by atoms with van der Waals surface area (Å²) in [5.74, 6) is -0.707. The zero-order valence-corrected chi connectivity index (χ0v) is 17.9. The zero-order chi connectivity index (χ0) is 21.3. The minimum Gasteiger partial charge on any atom is -0.390 e. The molecule has 4 N–H and O–H groups in total. The second-order valence-corrected chi connectivity index (χ2v) is 10.1. The summed E-state index contributed by atoms with van der Waals surface area (Å²) in [7, 11) is -3.89. The second kappa shape index (κ2) is 8.49. The van der Waals surface area contributed by atoms with E-state index in [9.17, 15) is 23.7 Å². The average molecular weight is 413 g/mol. The number of aliphatic imine (C=N–C) groups is 1. The van der Waals surface area contributed by atoms with Gasteiger partial charge in [-0.05, 0) is 52.2 Å². The molecule has 1 aromatic rings. The lowest BCUT2D eigenvalue weighted by molar-refractivity contribution is -0.134. The number of amidine groups is 1. The molecule has 1 fully saturated rings. The van der Waals surface area contributed by atoms with E-state index >= 15 is 0 Å². The summed E-state index contributed by atoms with van der Waals surface area (Å²) in [5.41, 5.74) is -0.216. The fraction of sp³-hybridized carbons (Fsp3) is 0.650. The van der Waals surface area contributed by atoms with Crippen LogP contribution in [0.15, 0.2) is 34.2 Å². The summed E-state index contributed by atoms with van der Waals surface area (Å²) in [6, 6.07) is 5.77. The van der Waals surface area contributed by atoms with E-state index in [0.717, 1.165) is 5.56 Å². The number of nitrogens with zero attached hydrogens (tertiary/aromatic N) is 1. The van der Waals surface area contributed by atoms with Gasteiger partial charge in [0.2, 0.25) is 15.0 Å². The van der Waals surface area contributed by atoms with Gasteiger partial charge >= 0.3 is 0 Å². The van der Waals surface area contributed by atoms with E-state index in [-0.39, 0.29) is 22.5 Å². The monoisotopic (exact) mass is 412 g/mol. The van der Waals surface area contributed by atoms with Crippen molar-refractivity contribution in [1.29, 1.82) is 0 Å². The highest BCUT2D eigenvalue weighted by Crippen LogP contribution is 2.36. The maximum absolute atomic E-state index is 13.0. The van der Waals surface area contributed by atoms with Crippen LogP contribution in [0, 0.1) is 18.8 Å². The largest absolute Gasteiger partial charge is 0.390 e. The van der Waals surface area contributed by atoms with Crippen LogP contribution in [0.2, 0.25) is 0 Å². The number of nitrogens with one attached hydrogen (secondary N) is 1.